The minimum Gasteiger partial charge on any atom is -0.351 e. The highest BCUT2D eigenvalue weighted by atomic mass is 19.1. The second kappa shape index (κ2) is 5.57. The molecule has 2 heterocycles. The van der Waals surface area contributed by atoms with Crippen molar-refractivity contribution in [2.45, 2.75) is 46.0 Å². The van der Waals surface area contributed by atoms with E-state index in [1.54, 1.807) is 4.90 Å². The van der Waals surface area contributed by atoms with Gasteiger partial charge in [0.1, 0.15) is 6.17 Å². The lowest BCUT2D eigenvalue weighted by Gasteiger charge is -2.31. The number of carbonyl (C=O) groups excluding carboxylic acids is 1. The molecule has 2 aliphatic rings. The third-order valence-electron chi connectivity index (χ3n) is 5.98. The number of likely N-dealkylation sites (N-methyl/N-ethyl adjacent to an activating group) is 1. The lowest BCUT2D eigenvalue weighted by Crippen LogP contribution is -2.48. The van der Waals surface area contributed by atoms with Crippen LogP contribution in [-0.4, -0.2) is 30.6 Å². The molecular weight excluding hydrogens is 327 g/mol. The molecule has 2 aromatic carbocycles. The van der Waals surface area contributed by atoms with Gasteiger partial charge in [-0.1, -0.05) is 23.8 Å². The van der Waals surface area contributed by atoms with Crippen LogP contribution in [0.1, 0.15) is 35.6 Å². The van der Waals surface area contributed by atoms with Gasteiger partial charge >= 0.3 is 0 Å². The third-order valence-corrected chi connectivity index (χ3v) is 5.98. The van der Waals surface area contributed by atoms with E-state index in [-0.39, 0.29) is 5.91 Å². The molecule has 0 unspecified atom stereocenters. The molecule has 0 saturated carbocycles. The van der Waals surface area contributed by atoms with Gasteiger partial charge in [-0.25, -0.2) is 4.39 Å². The summed E-state index contributed by atoms with van der Waals surface area (Å²) >= 11 is 0. The fourth-order valence-electron chi connectivity index (χ4n) is 5.00. The number of aryl methyl sites for hydroxylation is 3. The Hall–Kier alpha value is -2.36. The molecule has 4 rings (SSSR count). The van der Waals surface area contributed by atoms with Crippen LogP contribution in [0, 0.1) is 20.8 Å². The lowest BCUT2D eigenvalue weighted by atomic mass is 9.89. The summed E-state index contributed by atoms with van der Waals surface area (Å²) in [5.74, 6) is -0.0698. The van der Waals surface area contributed by atoms with Crippen molar-refractivity contribution in [2.75, 3.05) is 18.5 Å². The summed E-state index contributed by atoms with van der Waals surface area (Å²) in [6, 6.07) is 10.4. The Morgan fingerprint density at radius 3 is 2.42 bits per heavy atom. The molecule has 2 aliphatic heterocycles. The second-order valence-electron chi connectivity index (χ2n) is 7.82. The van der Waals surface area contributed by atoms with E-state index in [1.807, 2.05) is 24.1 Å². The number of hydrogen-bond acceptors (Lipinski definition) is 2. The quantitative estimate of drug-likeness (QED) is 0.756. The van der Waals surface area contributed by atoms with Crippen LogP contribution in [0.3, 0.4) is 0 Å². The van der Waals surface area contributed by atoms with Crippen molar-refractivity contribution in [2.24, 2.45) is 0 Å². The van der Waals surface area contributed by atoms with Gasteiger partial charge in [0.25, 0.3) is 0 Å². The largest absolute Gasteiger partial charge is 0.351 e. The Labute approximate surface area is 154 Å². The van der Waals surface area contributed by atoms with E-state index in [1.165, 1.54) is 29.2 Å². The Bertz CT molecular complexity index is 899. The maximum absolute atomic E-state index is 16.1. The number of rotatable bonds is 1. The fraction of sp³-hybridized carbons (Fsp3) is 0.409. The van der Waals surface area contributed by atoms with E-state index in [9.17, 15) is 4.79 Å². The Balaban J connectivity index is 1.86. The molecule has 0 spiro atoms. The summed E-state index contributed by atoms with van der Waals surface area (Å²) in [6.07, 6.45) is -0.186. The number of benzene rings is 2. The highest BCUT2D eigenvalue weighted by molar-refractivity contribution is 5.80. The van der Waals surface area contributed by atoms with Gasteiger partial charge in [0.05, 0.1) is 0 Å². The zero-order valence-corrected chi connectivity index (χ0v) is 16.1. The van der Waals surface area contributed by atoms with Crippen molar-refractivity contribution in [3.05, 3.63) is 52.6 Å². The van der Waals surface area contributed by atoms with Crippen LogP contribution in [-0.2, 0) is 10.5 Å². The summed E-state index contributed by atoms with van der Waals surface area (Å²) < 4.78 is 16.1. The van der Waals surface area contributed by atoms with Crippen molar-refractivity contribution in [3.8, 4) is 11.1 Å². The van der Waals surface area contributed by atoms with Crippen LogP contribution in [0.15, 0.2) is 30.3 Å². The van der Waals surface area contributed by atoms with Gasteiger partial charge in [0.2, 0.25) is 5.91 Å². The Kier molecular flexibility index (Phi) is 3.66. The van der Waals surface area contributed by atoms with Gasteiger partial charge in [0.15, 0.2) is 5.67 Å². The van der Waals surface area contributed by atoms with Crippen LogP contribution in [0.25, 0.3) is 11.1 Å². The minimum absolute atomic E-state index is 0.0698. The maximum Gasteiger partial charge on any atom is 0.221 e. The zero-order valence-electron chi connectivity index (χ0n) is 16.1. The Morgan fingerprint density at radius 1 is 1.15 bits per heavy atom. The first kappa shape index (κ1) is 17.1. The predicted molar refractivity (Wildman–Crippen MR) is 103 cm³/mol. The average Bonchev–Trinajstić information content (AvgIpc) is 3.00. The van der Waals surface area contributed by atoms with Gasteiger partial charge in [-0.15, -0.1) is 0 Å². The average molecular weight is 352 g/mol. The summed E-state index contributed by atoms with van der Waals surface area (Å²) in [7, 11) is 1.88. The van der Waals surface area contributed by atoms with Crippen LogP contribution in [0.4, 0.5) is 10.1 Å². The summed E-state index contributed by atoms with van der Waals surface area (Å²) in [5, 5.41) is 0. The van der Waals surface area contributed by atoms with Crippen molar-refractivity contribution in [3.63, 3.8) is 0 Å². The molecule has 3 nitrogen and oxygen atoms in total. The fourth-order valence-corrected chi connectivity index (χ4v) is 5.00. The SMILES string of the molecule is CC(=O)N1CC[C@@]2(F)c3cc(-c4c(C)cc(C)cc4C)ccc3N(C)[C@@H]12. The van der Waals surface area contributed by atoms with Crippen LogP contribution >= 0.6 is 0 Å². The highest BCUT2D eigenvalue weighted by Gasteiger charge is 2.58. The van der Waals surface area contributed by atoms with E-state index >= 15 is 4.39 Å². The molecule has 0 N–H and O–H groups in total. The van der Waals surface area contributed by atoms with Crippen LogP contribution in [0.2, 0.25) is 0 Å². The zero-order chi connectivity index (χ0) is 18.8. The van der Waals surface area contributed by atoms with Gasteiger partial charge < -0.3 is 9.80 Å². The lowest BCUT2D eigenvalue weighted by molar-refractivity contribution is -0.130. The highest BCUT2D eigenvalue weighted by Crippen LogP contribution is 2.53. The number of amides is 1. The molecule has 1 fully saturated rings. The standard InChI is InChI=1S/C22H25FN2O/c1-13-10-14(2)20(15(3)11-13)17-6-7-19-18(12-17)22(23)8-9-25(16(4)26)21(22)24(19)5/h6-7,10-12,21H,8-9H2,1-5H3/t21-,22+/m0/s1. The Morgan fingerprint density at radius 2 is 1.81 bits per heavy atom. The molecule has 0 aromatic heterocycles. The van der Waals surface area contributed by atoms with Crippen molar-refractivity contribution >= 4 is 11.6 Å². The van der Waals surface area contributed by atoms with Crippen LogP contribution in [0.5, 0.6) is 0 Å². The number of likely N-dealkylation sites (tertiary alicyclic amines) is 1. The van der Waals surface area contributed by atoms with Crippen molar-refractivity contribution < 1.29 is 9.18 Å². The number of alkyl halides is 1. The van der Waals surface area contributed by atoms with E-state index in [0.717, 1.165) is 11.3 Å². The van der Waals surface area contributed by atoms with Crippen molar-refractivity contribution in [1.82, 2.24) is 4.90 Å². The predicted octanol–water partition coefficient (Wildman–Crippen LogP) is 4.47. The molecule has 0 bridgehead atoms. The molecule has 1 amide bonds. The monoisotopic (exact) mass is 352 g/mol. The molecule has 2 aromatic rings. The third kappa shape index (κ3) is 2.21. The molecule has 26 heavy (non-hydrogen) atoms. The molecule has 0 aliphatic carbocycles. The first-order valence-corrected chi connectivity index (χ1v) is 9.16. The number of fused-ring (bicyclic) bond motifs is 3. The first-order valence-electron chi connectivity index (χ1n) is 9.16. The van der Waals surface area contributed by atoms with Gasteiger partial charge in [0, 0.05) is 38.2 Å². The number of carbonyl (C=O) groups is 1. The molecule has 1 saturated heterocycles. The number of hydrogen-bond donors (Lipinski definition) is 0. The molecule has 2 atom stereocenters. The van der Waals surface area contributed by atoms with Crippen LogP contribution < -0.4 is 4.90 Å². The van der Waals surface area contributed by atoms with E-state index < -0.39 is 11.8 Å². The maximum atomic E-state index is 16.1. The summed E-state index contributed by atoms with van der Waals surface area (Å²) in [4.78, 5) is 15.5. The number of nitrogens with zero attached hydrogens (tertiary/aromatic N) is 2. The molecule has 0 radical (unpaired) electrons. The van der Waals surface area contributed by atoms with Gasteiger partial charge in [-0.05, 0) is 55.2 Å². The second-order valence-corrected chi connectivity index (χ2v) is 7.82. The van der Waals surface area contributed by atoms with E-state index in [0.29, 0.717) is 18.5 Å². The van der Waals surface area contributed by atoms with Gasteiger partial charge in [-0.3, -0.25) is 4.79 Å². The van der Waals surface area contributed by atoms with Crippen molar-refractivity contribution in [1.29, 1.82) is 0 Å². The first-order chi connectivity index (χ1) is 12.2. The molecular formula is C22H25FN2O. The van der Waals surface area contributed by atoms with Gasteiger partial charge in [-0.2, -0.15) is 0 Å². The topological polar surface area (TPSA) is 23.6 Å². The molecule has 136 valence electrons. The number of halogens is 1. The minimum atomic E-state index is -1.50. The summed E-state index contributed by atoms with van der Waals surface area (Å²) in [6.45, 7) is 8.29. The number of anilines is 1. The summed E-state index contributed by atoms with van der Waals surface area (Å²) in [5.41, 5.74) is 5.96. The van der Waals surface area contributed by atoms with E-state index in [4.69, 9.17) is 0 Å². The normalized spacial score (nSPS) is 24.0. The van der Waals surface area contributed by atoms with E-state index in [2.05, 4.69) is 39.0 Å². The molecule has 4 heteroatoms. The smallest absolute Gasteiger partial charge is 0.221 e.